The highest BCUT2D eigenvalue weighted by molar-refractivity contribution is 6.66. The summed E-state index contributed by atoms with van der Waals surface area (Å²) in [5.41, 5.74) is -0.573. The molecule has 0 radical (unpaired) electrons. The number of amides is 2. The molecule has 8 heteroatoms. The van der Waals surface area contributed by atoms with Crippen LogP contribution in [0.1, 0.15) is 33.6 Å². The molecule has 0 aliphatic carbocycles. The second-order valence-corrected chi connectivity index (χ2v) is 7.38. The third-order valence-electron chi connectivity index (χ3n) is 3.57. The molecule has 0 aromatic carbocycles. The number of rotatable bonds is 2. The van der Waals surface area contributed by atoms with E-state index in [1.165, 1.54) is 4.90 Å². The molecule has 1 fully saturated rings. The Bertz CT molecular complexity index is 619. The van der Waals surface area contributed by atoms with Crippen LogP contribution in [-0.2, 0) is 4.74 Å². The second-order valence-electron chi connectivity index (χ2n) is 6.65. The molecule has 1 aliphatic rings. The molecule has 1 aromatic heterocycles. The summed E-state index contributed by atoms with van der Waals surface area (Å²) in [4.78, 5) is 31.3. The summed E-state index contributed by atoms with van der Waals surface area (Å²) in [5.74, 6) is 0.301. The molecule has 0 spiro atoms. The number of halogens is 2. The lowest BCUT2D eigenvalue weighted by Crippen LogP contribution is -2.52. The van der Waals surface area contributed by atoms with E-state index in [-0.39, 0.29) is 6.04 Å². The number of piperidine rings is 1. The second kappa shape index (κ2) is 7.57. The molecule has 2 heterocycles. The molecule has 0 N–H and O–H groups in total. The van der Waals surface area contributed by atoms with Crippen LogP contribution in [0.3, 0.4) is 0 Å². The number of aromatic nitrogens is 1. The maximum atomic E-state index is 12.3. The van der Waals surface area contributed by atoms with Gasteiger partial charge in [0.05, 0.1) is 11.1 Å². The number of pyridine rings is 1. The normalized spacial score (nSPS) is 18.2. The van der Waals surface area contributed by atoms with Crippen LogP contribution in [0.15, 0.2) is 18.3 Å². The molecule has 0 unspecified atom stereocenters. The number of carbonyl (C=O) groups excluding carboxylic acids is 2. The minimum Gasteiger partial charge on any atom is -0.444 e. The fourth-order valence-corrected chi connectivity index (χ4v) is 3.04. The van der Waals surface area contributed by atoms with Gasteiger partial charge >= 0.3 is 11.5 Å². The highest BCUT2D eigenvalue weighted by atomic mass is 35.5. The summed E-state index contributed by atoms with van der Waals surface area (Å²) in [7, 11) is 0. The van der Waals surface area contributed by atoms with Crippen LogP contribution in [0.2, 0.25) is 5.02 Å². The number of hydrogen-bond acceptors (Lipinski definition) is 4. The summed E-state index contributed by atoms with van der Waals surface area (Å²) in [6, 6.07) is 3.02. The summed E-state index contributed by atoms with van der Waals surface area (Å²) in [5, 5.41) is -0.340. The maximum Gasteiger partial charge on any atom is 0.410 e. The Morgan fingerprint density at radius 1 is 1.42 bits per heavy atom. The average molecular weight is 374 g/mol. The number of ether oxygens (including phenoxy) is 1. The Hall–Kier alpha value is -1.53. The molecule has 0 bridgehead atoms. The fraction of sp³-hybridized carbons (Fsp3) is 0.562. The number of likely N-dealkylation sites (tertiary alicyclic amines) is 1. The quantitative estimate of drug-likeness (QED) is 0.572. The Morgan fingerprint density at radius 2 is 2.12 bits per heavy atom. The lowest BCUT2D eigenvalue weighted by Gasteiger charge is -2.38. The molecule has 1 saturated heterocycles. The van der Waals surface area contributed by atoms with Gasteiger partial charge in [0.25, 0.3) is 0 Å². The SMILES string of the molecule is CC(C)(C)OC(=O)N1CCC[C@@H](N(C(=O)Cl)c2ncccc2Cl)C1. The average Bonchev–Trinajstić information content (AvgIpc) is 2.48. The van der Waals surface area contributed by atoms with Crippen LogP contribution < -0.4 is 4.90 Å². The van der Waals surface area contributed by atoms with Crippen molar-refractivity contribution in [3.8, 4) is 0 Å². The molecule has 6 nitrogen and oxygen atoms in total. The van der Waals surface area contributed by atoms with Crippen molar-refractivity contribution in [2.75, 3.05) is 18.0 Å². The summed E-state index contributed by atoms with van der Waals surface area (Å²) >= 11 is 11.9. The van der Waals surface area contributed by atoms with E-state index < -0.39 is 17.1 Å². The Kier molecular flexibility index (Phi) is 5.93. The monoisotopic (exact) mass is 373 g/mol. The molecule has 0 saturated carbocycles. The van der Waals surface area contributed by atoms with Crippen molar-refractivity contribution in [3.05, 3.63) is 23.4 Å². The minimum absolute atomic E-state index is 0.301. The summed E-state index contributed by atoms with van der Waals surface area (Å²) < 4.78 is 5.40. The van der Waals surface area contributed by atoms with E-state index in [2.05, 4.69) is 4.98 Å². The minimum atomic E-state index is -0.674. The van der Waals surface area contributed by atoms with E-state index >= 15 is 0 Å². The van der Waals surface area contributed by atoms with Gasteiger partial charge < -0.3 is 9.64 Å². The first-order valence-corrected chi connectivity index (χ1v) is 8.52. The Labute approximate surface area is 151 Å². The van der Waals surface area contributed by atoms with Crippen molar-refractivity contribution in [2.24, 2.45) is 0 Å². The van der Waals surface area contributed by atoms with Crippen molar-refractivity contribution in [1.82, 2.24) is 9.88 Å². The van der Waals surface area contributed by atoms with Crippen molar-refractivity contribution >= 4 is 40.5 Å². The van der Waals surface area contributed by atoms with Crippen LogP contribution in [0.5, 0.6) is 0 Å². The van der Waals surface area contributed by atoms with E-state index in [9.17, 15) is 9.59 Å². The number of anilines is 1. The van der Waals surface area contributed by atoms with Gasteiger partial charge in [-0.2, -0.15) is 0 Å². The van der Waals surface area contributed by atoms with Crippen molar-refractivity contribution in [3.63, 3.8) is 0 Å². The van der Waals surface area contributed by atoms with Crippen molar-refractivity contribution in [1.29, 1.82) is 0 Å². The molecule has 2 rings (SSSR count). The zero-order valence-corrected chi connectivity index (χ0v) is 15.5. The summed E-state index contributed by atoms with van der Waals surface area (Å²) in [6.07, 6.45) is 2.57. The first-order chi connectivity index (χ1) is 11.2. The van der Waals surface area contributed by atoms with E-state index in [1.54, 1.807) is 23.2 Å². The molecular weight excluding hydrogens is 353 g/mol. The van der Waals surface area contributed by atoms with Crippen LogP contribution in [-0.4, -0.2) is 46.1 Å². The Balaban J connectivity index is 2.18. The topological polar surface area (TPSA) is 62.7 Å². The third-order valence-corrected chi connectivity index (χ3v) is 4.05. The van der Waals surface area contributed by atoms with E-state index in [0.29, 0.717) is 30.4 Å². The lowest BCUT2D eigenvalue weighted by atomic mass is 10.0. The molecule has 132 valence electrons. The number of nitrogens with zero attached hydrogens (tertiary/aromatic N) is 3. The molecule has 24 heavy (non-hydrogen) atoms. The van der Waals surface area contributed by atoms with Crippen LogP contribution in [0, 0.1) is 0 Å². The van der Waals surface area contributed by atoms with Crippen LogP contribution in [0.25, 0.3) is 0 Å². The first-order valence-electron chi connectivity index (χ1n) is 7.76. The Morgan fingerprint density at radius 3 is 2.71 bits per heavy atom. The van der Waals surface area contributed by atoms with Gasteiger partial charge in [-0.1, -0.05) is 11.6 Å². The third kappa shape index (κ3) is 4.74. The number of hydrogen-bond donors (Lipinski definition) is 0. The lowest BCUT2D eigenvalue weighted by molar-refractivity contribution is 0.0200. The smallest absolute Gasteiger partial charge is 0.410 e. The van der Waals surface area contributed by atoms with Gasteiger partial charge in [0.15, 0.2) is 5.82 Å². The highest BCUT2D eigenvalue weighted by Gasteiger charge is 2.34. The van der Waals surface area contributed by atoms with Crippen molar-refractivity contribution in [2.45, 2.75) is 45.3 Å². The van der Waals surface area contributed by atoms with Crippen molar-refractivity contribution < 1.29 is 14.3 Å². The maximum absolute atomic E-state index is 12.3. The van der Waals surface area contributed by atoms with E-state index in [0.717, 1.165) is 6.42 Å². The van der Waals surface area contributed by atoms with Gasteiger partial charge in [0.2, 0.25) is 0 Å². The predicted molar refractivity (Wildman–Crippen MR) is 93.8 cm³/mol. The summed E-state index contributed by atoms with van der Waals surface area (Å²) in [6.45, 7) is 6.34. The molecule has 1 aromatic rings. The fourth-order valence-electron chi connectivity index (χ4n) is 2.61. The van der Waals surface area contributed by atoms with E-state index in [4.69, 9.17) is 27.9 Å². The molecule has 1 aliphatic heterocycles. The van der Waals surface area contributed by atoms with Gasteiger partial charge in [0, 0.05) is 19.3 Å². The predicted octanol–water partition coefficient (Wildman–Crippen LogP) is 4.30. The molecule has 1 atom stereocenters. The van der Waals surface area contributed by atoms with Gasteiger partial charge in [-0.3, -0.25) is 9.69 Å². The number of carbonyl (C=O) groups is 2. The first kappa shape index (κ1) is 18.8. The van der Waals surface area contributed by atoms with Gasteiger partial charge in [0.1, 0.15) is 5.60 Å². The zero-order valence-electron chi connectivity index (χ0n) is 14.0. The van der Waals surface area contributed by atoms with Crippen LogP contribution >= 0.6 is 23.2 Å². The van der Waals surface area contributed by atoms with Gasteiger partial charge in [-0.15, -0.1) is 0 Å². The zero-order chi connectivity index (χ0) is 17.9. The van der Waals surface area contributed by atoms with E-state index in [1.807, 2.05) is 20.8 Å². The standard InChI is InChI=1S/C16H21Cl2N3O3/c1-16(2,3)24-15(23)20-9-5-6-11(10-20)21(14(18)22)13-12(17)7-4-8-19-13/h4,7-8,11H,5-6,9-10H2,1-3H3/t11-/m1/s1. The van der Waals surface area contributed by atoms with Crippen LogP contribution in [0.4, 0.5) is 15.4 Å². The van der Waals surface area contributed by atoms with Gasteiger partial charge in [-0.05, 0) is 57.3 Å². The van der Waals surface area contributed by atoms with Gasteiger partial charge in [-0.25, -0.2) is 9.78 Å². The highest BCUT2D eigenvalue weighted by Crippen LogP contribution is 2.29. The molecule has 2 amide bonds. The molecular formula is C16H21Cl2N3O3. The largest absolute Gasteiger partial charge is 0.444 e.